The van der Waals surface area contributed by atoms with Crippen LogP contribution in [0.4, 0.5) is 4.39 Å². The predicted molar refractivity (Wildman–Crippen MR) is 74.6 cm³/mol. The minimum Gasteiger partial charge on any atom is -0.462 e. The van der Waals surface area contributed by atoms with E-state index in [9.17, 15) is 17.6 Å². The van der Waals surface area contributed by atoms with Crippen molar-refractivity contribution >= 4 is 39.2 Å². The summed E-state index contributed by atoms with van der Waals surface area (Å²) in [6.45, 7) is 0.358. The number of benzene rings is 1. The Kier molecular flexibility index (Phi) is 6.36. The average Bonchev–Trinajstić information content (AvgIpc) is 2.37. The van der Waals surface area contributed by atoms with Crippen LogP contribution in [0.15, 0.2) is 11.0 Å². The number of halogens is 3. The second-order valence-electron chi connectivity index (χ2n) is 3.89. The Morgan fingerprint density at radius 1 is 1.33 bits per heavy atom. The highest BCUT2D eigenvalue weighted by atomic mass is 35.5. The van der Waals surface area contributed by atoms with Gasteiger partial charge in [-0.15, -0.1) is 0 Å². The zero-order valence-corrected chi connectivity index (χ0v) is 13.2. The predicted octanol–water partition coefficient (Wildman–Crippen LogP) is 1.97. The molecule has 0 bridgehead atoms. The van der Waals surface area contributed by atoms with E-state index >= 15 is 0 Å². The van der Waals surface area contributed by atoms with Gasteiger partial charge in [0.1, 0.15) is 10.7 Å². The topological polar surface area (TPSA) is 95.7 Å². The van der Waals surface area contributed by atoms with Crippen LogP contribution in [0.3, 0.4) is 0 Å². The molecule has 118 valence electrons. The van der Waals surface area contributed by atoms with E-state index in [0.717, 1.165) is 0 Å². The summed E-state index contributed by atoms with van der Waals surface area (Å²) < 4.78 is 45.9. The Labute approximate surface area is 131 Å². The number of carbonyl (C=O) groups is 1. The zero-order chi connectivity index (χ0) is 16.2. The molecule has 0 aliphatic rings. The first-order valence-electron chi connectivity index (χ1n) is 5.56. The van der Waals surface area contributed by atoms with E-state index in [2.05, 4.69) is 0 Å². The molecular weight excluding hydrogens is 348 g/mol. The van der Waals surface area contributed by atoms with E-state index in [-0.39, 0.29) is 6.61 Å². The lowest BCUT2D eigenvalue weighted by Crippen LogP contribution is -2.17. The Hall–Kier alpha value is -0.930. The summed E-state index contributed by atoms with van der Waals surface area (Å²) in [5, 5.41) is 3.54. The molecule has 0 atom stereocenters. The fraction of sp³-hybridized carbons (Fsp3) is 0.364. The summed E-state index contributed by atoms with van der Waals surface area (Å²) in [5.74, 6) is -2.13. The second kappa shape index (κ2) is 7.37. The van der Waals surface area contributed by atoms with E-state index in [1.54, 1.807) is 0 Å². The first-order chi connectivity index (χ1) is 9.70. The van der Waals surface area contributed by atoms with Gasteiger partial charge in [-0.2, -0.15) is 0 Å². The first-order valence-corrected chi connectivity index (χ1v) is 7.86. The van der Waals surface area contributed by atoms with Crippen molar-refractivity contribution in [3.05, 3.63) is 27.5 Å². The van der Waals surface area contributed by atoms with Crippen LogP contribution in [0.1, 0.15) is 16.8 Å². The molecule has 0 heterocycles. The van der Waals surface area contributed by atoms with Crippen LogP contribution in [0.25, 0.3) is 0 Å². The third kappa shape index (κ3) is 4.52. The molecule has 0 aliphatic carbocycles. The van der Waals surface area contributed by atoms with Crippen molar-refractivity contribution in [2.45, 2.75) is 11.3 Å². The highest BCUT2D eigenvalue weighted by Crippen LogP contribution is 2.34. The van der Waals surface area contributed by atoms with Gasteiger partial charge in [-0.1, -0.05) is 23.2 Å². The fourth-order valence-electron chi connectivity index (χ4n) is 1.42. The maximum atomic E-state index is 13.6. The van der Waals surface area contributed by atoms with Gasteiger partial charge >= 0.3 is 5.97 Å². The molecule has 2 N–H and O–H groups in total. The standard InChI is InChI=1S/C11H12Cl2FNO5S/c1-19-3-2-4-20-11(16)6-5-7(14)9(13)10(8(6)12)21(15,17)18/h5H,2-4H2,1H3,(H2,15,17,18). The lowest BCUT2D eigenvalue weighted by molar-refractivity contribution is 0.0468. The van der Waals surface area contributed by atoms with Crippen LogP contribution in [-0.2, 0) is 19.5 Å². The third-order valence-corrected chi connectivity index (χ3v) is 4.31. The van der Waals surface area contributed by atoms with Gasteiger partial charge in [-0.05, 0) is 6.07 Å². The molecule has 0 saturated carbocycles. The van der Waals surface area contributed by atoms with Crippen LogP contribution in [0.5, 0.6) is 0 Å². The Balaban J connectivity index is 3.15. The highest BCUT2D eigenvalue weighted by molar-refractivity contribution is 7.89. The average molecular weight is 360 g/mol. The molecule has 0 radical (unpaired) electrons. The van der Waals surface area contributed by atoms with Gasteiger partial charge in [0.05, 0.1) is 22.2 Å². The van der Waals surface area contributed by atoms with Gasteiger partial charge in [0, 0.05) is 20.1 Å². The summed E-state index contributed by atoms with van der Waals surface area (Å²) in [6.07, 6.45) is 0.415. The molecule has 0 unspecified atom stereocenters. The lowest BCUT2D eigenvalue weighted by Gasteiger charge is -2.11. The van der Waals surface area contributed by atoms with Crippen molar-refractivity contribution in [3.8, 4) is 0 Å². The summed E-state index contributed by atoms with van der Waals surface area (Å²) >= 11 is 11.3. The molecule has 1 rings (SSSR count). The lowest BCUT2D eigenvalue weighted by atomic mass is 10.2. The first kappa shape index (κ1) is 18.1. The molecule has 1 aromatic rings. The summed E-state index contributed by atoms with van der Waals surface area (Å²) in [7, 11) is -2.93. The number of rotatable bonds is 6. The number of hydrogen-bond acceptors (Lipinski definition) is 5. The molecule has 0 fully saturated rings. The SMILES string of the molecule is COCCCOC(=O)c1cc(F)c(Cl)c(S(N)(=O)=O)c1Cl. The number of hydrogen-bond donors (Lipinski definition) is 1. The Morgan fingerprint density at radius 3 is 2.48 bits per heavy atom. The van der Waals surface area contributed by atoms with Crippen LogP contribution in [-0.4, -0.2) is 34.7 Å². The number of carbonyl (C=O) groups excluding carboxylic acids is 1. The van der Waals surface area contributed by atoms with E-state index < -0.39 is 42.3 Å². The molecule has 1 aromatic carbocycles. The molecule has 6 nitrogen and oxygen atoms in total. The minimum absolute atomic E-state index is 0.00203. The summed E-state index contributed by atoms with van der Waals surface area (Å²) in [6, 6.07) is 0.692. The van der Waals surface area contributed by atoms with E-state index in [1.165, 1.54) is 7.11 Å². The molecule has 0 amide bonds. The quantitative estimate of drug-likeness (QED) is 0.475. The van der Waals surface area contributed by atoms with Crippen molar-refractivity contribution in [2.24, 2.45) is 5.14 Å². The van der Waals surface area contributed by atoms with Crippen LogP contribution in [0, 0.1) is 5.82 Å². The van der Waals surface area contributed by atoms with Crippen molar-refractivity contribution in [1.29, 1.82) is 0 Å². The van der Waals surface area contributed by atoms with E-state index in [1.807, 2.05) is 0 Å². The molecule has 0 aliphatic heterocycles. The number of ether oxygens (including phenoxy) is 2. The summed E-state index contributed by atoms with van der Waals surface area (Å²) in [5.41, 5.74) is -0.472. The largest absolute Gasteiger partial charge is 0.462 e. The van der Waals surface area contributed by atoms with Crippen LogP contribution >= 0.6 is 23.2 Å². The minimum atomic E-state index is -4.40. The maximum Gasteiger partial charge on any atom is 0.339 e. The summed E-state index contributed by atoms with van der Waals surface area (Å²) in [4.78, 5) is 10.9. The van der Waals surface area contributed by atoms with Crippen molar-refractivity contribution in [3.63, 3.8) is 0 Å². The van der Waals surface area contributed by atoms with E-state index in [4.69, 9.17) is 37.8 Å². The van der Waals surface area contributed by atoms with Gasteiger partial charge in [0.15, 0.2) is 0 Å². The molecule has 0 aromatic heterocycles. The number of methoxy groups -OCH3 is 1. The molecule has 0 spiro atoms. The Morgan fingerprint density at radius 2 is 1.95 bits per heavy atom. The van der Waals surface area contributed by atoms with Crippen LogP contribution < -0.4 is 5.14 Å². The number of primary sulfonamides is 1. The van der Waals surface area contributed by atoms with Crippen LogP contribution in [0.2, 0.25) is 10.0 Å². The van der Waals surface area contributed by atoms with Crippen molar-refractivity contribution < 1.29 is 27.1 Å². The monoisotopic (exact) mass is 359 g/mol. The highest BCUT2D eigenvalue weighted by Gasteiger charge is 2.27. The second-order valence-corrected chi connectivity index (χ2v) is 6.14. The third-order valence-electron chi connectivity index (χ3n) is 2.35. The van der Waals surface area contributed by atoms with Gasteiger partial charge in [-0.25, -0.2) is 22.7 Å². The normalized spacial score (nSPS) is 11.5. The van der Waals surface area contributed by atoms with Crippen molar-refractivity contribution in [1.82, 2.24) is 0 Å². The molecular formula is C11H12Cl2FNO5S. The van der Waals surface area contributed by atoms with Gasteiger partial charge in [0.2, 0.25) is 10.0 Å². The van der Waals surface area contributed by atoms with Gasteiger partial charge < -0.3 is 9.47 Å². The smallest absolute Gasteiger partial charge is 0.339 e. The Bertz CT molecular complexity index is 651. The molecule has 0 saturated heterocycles. The maximum absolute atomic E-state index is 13.6. The van der Waals surface area contributed by atoms with Gasteiger partial charge in [-0.3, -0.25) is 0 Å². The zero-order valence-electron chi connectivity index (χ0n) is 10.9. The number of esters is 1. The van der Waals surface area contributed by atoms with Crippen molar-refractivity contribution in [2.75, 3.05) is 20.3 Å². The number of sulfonamides is 1. The molecule has 10 heteroatoms. The molecule has 21 heavy (non-hydrogen) atoms. The number of nitrogens with two attached hydrogens (primary N) is 1. The van der Waals surface area contributed by atoms with E-state index in [0.29, 0.717) is 19.1 Å². The van der Waals surface area contributed by atoms with Gasteiger partial charge in [0.25, 0.3) is 0 Å². The fourth-order valence-corrected chi connectivity index (χ4v) is 3.20.